The van der Waals surface area contributed by atoms with Gasteiger partial charge in [-0.1, -0.05) is 0 Å². The minimum atomic E-state index is -0.907. The van der Waals surface area contributed by atoms with Gasteiger partial charge in [0.2, 0.25) is 0 Å². The number of nitrogens with zero attached hydrogens (tertiary/aromatic N) is 1. The number of benzene rings is 1. The summed E-state index contributed by atoms with van der Waals surface area (Å²) in [5.74, 6) is 0.980. The van der Waals surface area contributed by atoms with Crippen LogP contribution in [0.25, 0.3) is 0 Å². The Hall–Kier alpha value is -2.42. The Morgan fingerprint density at radius 2 is 2.21 bits per heavy atom. The molecule has 19 heavy (non-hydrogen) atoms. The Labute approximate surface area is 110 Å². The summed E-state index contributed by atoms with van der Waals surface area (Å²) in [5, 5.41) is 13.0. The maximum Gasteiger partial charge on any atom is 0.272 e. The Morgan fingerprint density at radius 1 is 1.47 bits per heavy atom. The fourth-order valence-corrected chi connectivity index (χ4v) is 1.45. The van der Waals surface area contributed by atoms with Crippen LogP contribution in [-0.2, 0) is 0 Å². The number of carbonyl (C=O) groups excluding carboxylic acids is 1. The van der Waals surface area contributed by atoms with E-state index in [9.17, 15) is 19.3 Å². The summed E-state index contributed by atoms with van der Waals surface area (Å²) in [5.41, 5.74) is -0.592. The number of nitro benzene ring substituents is 1. The second-order valence-corrected chi connectivity index (χ2v) is 3.84. The van der Waals surface area contributed by atoms with E-state index in [1.165, 1.54) is 0 Å². The molecule has 0 radical (unpaired) electrons. The lowest BCUT2D eigenvalue weighted by atomic mass is 10.1. The van der Waals surface area contributed by atoms with Crippen molar-refractivity contribution in [3.8, 4) is 12.3 Å². The number of halogens is 1. The van der Waals surface area contributed by atoms with Crippen molar-refractivity contribution >= 4 is 11.6 Å². The number of hydrogen-bond acceptors (Lipinski definition) is 3. The molecule has 1 N–H and O–H groups in total. The lowest BCUT2D eigenvalue weighted by molar-refractivity contribution is -0.385. The van der Waals surface area contributed by atoms with Crippen LogP contribution in [0.3, 0.4) is 0 Å². The predicted octanol–water partition coefficient (Wildman–Crippen LogP) is 2.27. The molecule has 100 valence electrons. The van der Waals surface area contributed by atoms with E-state index in [0.717, 1.165) is 24.6 Å². The zero-order valence-electron chi connectivity index (χ0n) is 10.2. The van der Waals surface area contributed by atoms with E-state index in [0.29, 0.717) is 19.4 Å². The van der Waals surface area contributed by atoms with E-state index in [1.807, 2.05) is 0 Å². The molecule has 6 heteroatoms. The second kappa shape index (κ2) is 7.11. The van der Waals surface area contributed by atoms with Gasteiger partial charge in [0.05, 0.1) is 16.6 Å². The fourth-order valence-electron chi connectivity index (χ4n) is 1.45. The zero-order valence-corrected chi connectivity index (χ0v) is 10.2. The molecule has 1 rings (SSSR count). The van der Waals surface area contributed by atoms with Gasteiger partial charge >= 0.3 is 0 Å². The summed E-state index contributed by atoms with van der Waals surface area (Å²) in [6, 6.07) is 2.92. The van der Waals surface area contributed by atoms with Gasteiger partial charge in [0.25, 0.3) is 11.6 Å². The summed E-state index contributed by atoms with van der Waals surface area (Å²) in [7, 11) is 0. The molecule has 0 unspecified atom stereocenters. The first-order valence-corrected chi connectivity index (χ1v) is 5.72. The minimum absolute atomic E-state index is 0.206. The first kappa shape index (κ1) is 14.6. The van der Waals surface area contributed by atoms with Gasteiger partial charge in [-0.25, -0.2) is 4.39 Å². The molecular formula is C13H13FN2O3. The number of rotatable bonds is 6. The monoisotopic (exact) mass is 264 g/mol. The van der Waals surface area contributed by atoms with Gasteiger partial charge in [0.15, 0.2) is 0 Å². The summed E-state index contributed by atoms with van der Waals surface area (Å²) >= 11 is 0. The topological polar surface area (TPSA) is 72.2 Å². The van der Waals surface area contributed by atoms with Crippen LogP contribution in [0.4, 0.5) is 10.1 Å². The van der Waals surface area contributed by atoms with E-state index in [4.69, 9.17) is 6.42 Å². The Balaban J connectivity index is 2.58. The molecule has 0 aromatic heterocycles. The van der Waals surface area contributed by atoms with Gasteiger partial charge in [0, 0.05) is 19.0 Å². The molecule has 0 aliphatic rings. The lowest BCUT2D eigenvalue weighted by Gasteiger charge is -2.05. The number of non-ortho nitro benzene ring substituents is 1. The third kappa shape index (κ3) is 4.39. The van der Waals surface area contributed by atoms with Crippen molar-refractivity contribution in [2.24, 2.45) is 0 Å². The molecule has 1 aromatic carbocycles. The number of terminal acetylenes is 1. The summed E-state index contributed by atoms with van der Waals surface area (Å²) in [6.45, 7) is 0.386. The van der Waals surface area contributed by atoms with Crippen LogP contribution >= 0.6 is 0 Å². The van der Waals surface area contributed by atoms with E-state index >= 15 is 0 Å². The summed E-state index contributed by atoms with van der Waals surface area (Å²) < 4.78 is 13.5. The van der Waals surface area contributed by atoms with Crippen LogP contribution in [-0.4, -0.2) is 17.4 Å². The molecule has 1 amide bonds. The van der Waals surface area contributed by atoms with Crippen molar-refractivity contribution < 1.29 is 14.1 Å². The Morgan fingerprint density at radius 3 is 2.79 bits per heavy atom. The molecule has 0 heterocycles. The van der Waals surface area contributed by atoms with Crippen molar-refractivity contribution in [1.29, 1.82) is 0 Å². The van der Waals surface area contributed by atoms with Crippen LogP contribution in [0, 0.1) is 28.3 Å². The van der Waals surface area contributed by atoms with Crippen molar-refractivity contribution in [2.75, 3.05) is 6.54 Å². The molecule has 5 nitrogen and oxygen atoms in total. The van der Waals surface area contributed by atoms with Crippen LogP contribution in [0.1, 0.15) is 29.6 Å². The average molecular weight is 264 g/mol. The third-order valence-corrected chi connectivity index (χ3v) is 2.44. The highest BCUT2D eigenvalue weighted by atomic mass is 19.1. The van der Waals surface area contributed by atoms with Crippen LogP contribution in [0.2, 0.25) is 0 Å². The normalized spacial score (nSPS) is 9.68. The highest BCUT2D eigenvalue weighted by Crippen LogP contribution is 2.16. The Bertz CT molecular complexity index is 523. The molecule has 1 aromatic rings. The first-order valence-electron chi connectivity index (χ1n) is 5.72. The van der Waals surface area contributed by atoms with Crippen molar-refractivity contribution in [1.82, 2.24) is 5.32 Å². The maximum absolute atomic E-state index is 13.5. The van der Waals surface area contributed by atoms with Crippen molar-refractivity contribution in [3.05, 3.63) is 39.7 Å². The number of unbranched alkanes of at least 4 members (excludes halogenated alkanes) is 2. The van der Waals surface area contributed by atoms with Gasteiger partial charge in [-0.15, -0.1) is 12.3 Å². The molecule has 0 bridgehead atoms. The van der Waals surface area contributed by atoms with Gasteiger partial charge in [-0.3, -0.25) is 14.9 Å². The third-order valence-electron chi connectivity index (χ3n) is 2.44. The van der Waals surface area contributed by atoms with E-state index in [1.54, 1.807) is 0 Å². The first-order chi connectivity index (χ1) is 9.06. The smallest absolute Gasteiger partial charge is 0.272 e. The molecule has 0 saturated carbocycles. The quantitative estimate of drug-likeness (QED) is 0.371. The number of nitrogens with one attached hydrogen (secondary N) is 1. The van der Waals surface area contributed by atoms with Gasteiger partial charge in [-0.05, 0) is 18.9 Å². The average Bonchev–Trinajstić information content (AvgIpc) is 2.38. The van der Waals surface area contributed by atoms with E-state index < -0.39 is 16.6 Å². The van der Waals surface area contributed by atoms with Crippen LogP contribution in [0.15, 0.2) is 18.2 Å². The molecule has 0 saturated heterocycles. The molecule has 0 atom stereocenters. The van der Waals surface area contributed by atoms with Gasteiger partial charge in [0.1, 0.15) is 5.82 Å². The highest BCUT2D eigenvalue weighted by molar-refractivity contribution is 5.94. The van der Waals surface area contributed by atoms with Crippen molar-refractivity contribution in [2.45, 2.75) is 19.3 Å². The van der Waals surface area contributed by atoms with E-state index in [-0.39, 0.29) is 11.3 Å². The summed E-state index contributed by atoms with van der Waals surface area (Å²) in [4.78, 5) is 21.3. The predicted molar refractivity (Wildman–Crippen MR) is 68.1 cm³/mol. The second-order valence-electron chi connectivity index (χ2n) is 3.84. The van der Waals surface area contributed by atoms with Gasteiger partial charge < -0.3 is 5.32 Å². The molecule has 0 aliphatic carbocycles. The fraction of sp³-hybridized carbons (Fsp3) is 0.308. The van der Waals surface area contributed by atoms with E-state index in [2.05, 4.69) is 11.2 Å². The standard InChI is InChI=1S/C13H13FN2O3/c1-2-3-4-5-8-15-13(17)11-7-6-10(16(18)19)9-12(11)14/h1,6-7,9H,3-5,8H2,(H,15,17). The summed E-state index contributed by atoms with van der Waals surface area (Å²) in [6.07, 6.45) is 7.18. The number of carbonyl (C=O) groups is 1. The highest BCUT2D eigenvalue weighted by Gasteiger charge is 2.15. The lowest BCUT2D eigenvalue weighted by Crippen LogP contribution is -2.25. The van der Waals surface area contributed by atoms with Gasteiger partial charge in [-0.2, -0.15) is 0 Å². The Kier molecular flexibility index (Phi) is 5.48. The maximum atomic E-state index is 13.5. The molecular weight excluding hydrogens is 251 g/mol. The van der Waals surface area contributed by atoms with Crippen LogP contribution in [0.5, 0.6) is 0 Å². The largest absolute Gasteiger partial charge is 0.352 e. The number of amides is 1. The zero-order chi connectivity index (χ0) is 14.3. The molecule has 0 aliphatic heterocycles. The number of hydrogen-bond donors (Lipinski definition) is 1. The minimum Gasteiger partial charge on any atom is -0.352 e. The molecule has 0 fully saturated rings. The number of nitro groups is 1. The van der Waals surface area contributed by atoms with Crippen molar-refractivity contribution in [3.63, 3.8) is 0 Å². The molecule has 0 spiro atoms. The van der Waals surface area contributed by atoms with Crippen LogP contribution < -0.4 is 5.32 Å². The SMILES string of the molecule is C#CCCCCNC(=O)c1ccc([N+](=O)[O-])cc1F.